The number of amides is 1. The zero-order valence-electron chi connectivity index (χ0n) is 14.1. The van der Waals surface area contributed by atoms with E-state index in [0.29, 0.717) is 18.5 Å². The Balaban J connectivity index is 1.81. The number of carbonyl (C=O) groups is 1. The van der Waals surface area contributed by atoms with Gasteiger partial charge in [0.15, 0.2) is 0 Å². The molecule has 2 aromatic rings. The van der Waals surface area contributed by atoms with Crippen LogP contribution in [-0.4, -0.2) is 31.2 Å². The lowest BCUT2D eigenvalue weighted by Gasteiger charge is -2.23. The van der Waals surface area contributed by atoms with Crippen molar-refractivity contribution in [3.63, 3.8) is 0 Å². The summed E-state index contributed by atoms with van der Waals surface area (Å²) >= 11 is 5.72. The van der Waals surface area contributed by atoms with Gasteiger partial charge in [-0.1, -0.05) is 29.3 Å². The predicted octanol–water partition coefficient (Wildman–Crippen LogP) is 3.58. The van der Waals surface area contributed by atoms with Crippen molar-refractivity contribution in [1.29, 1.82) is 0 Å². The van der Waals surface area contributed by atoms with Crippen LogP contribution in [0.25, 0.3) is 0 Å². The number of nitrogens with zero attached hydrogens (tertiary/aromatic N) is 1. The van der Waals surface area contributed by atoms with Gasteiger partial charge in [0.1, 0.15) is 11.9 Å². The summed E-state index contributed by atoms with van der Waals surface area (Å²) in [7, 11) is -3.77. The van der Waals surface area contributed by atoms with E-state index in [4.69, 9.17) is 11.6 Å². The van der Waals surface area contributed by atoms with E-state index in [-0.39, 0.29) is 16.5 Å². The van der Waals surface area contributed by atoms with Gasteiger partial charge in [-0.05, 0) is 50.1 Å². The van der Waals surface area contributed by atoms with Crippen molar-refractivity contribution >= 4 is 33.2 Å². The maximum absolute atomic E-state index is 13.2. The number of aryl methyl sites for hydroxylation is 1. The molecule has 0 saturated carbocycles. The standard InChI is InChI=1S/C18H18ClFN2O3S/c1-12-4-7-14(8-5-12)26(24,25)22-10-2-3-17(22)18(23)21-13-6-9-16(20)15(19)11-13/h4-9,11,17H,2-3,10H2,1H3,(H,21,23)/t17-/m0/s1. The summed E-state index contributed by atoms with van der Waals surface area (Å²) < 4.78 is 40.2. The number of hydrogen-bond donors (Lipinski definition) is 1. The summed E-state index contributed by atoms with van der Waals surface area (Å²) in [5, 5.41) is 2.51. The second-order valence-corrected chi connectivity index (χ2v) is 8.50. The number of carbonyl (C=O) groups excluding carboxylic acids is 1. The van der Waals surface area contributed by atoms with Gasteiger partial charge in [-0.15, -0.1) is 0 Å². The van der Waals surface area contributed by atoms with Crippen molar-refractivity contribution < 1.29 is 17.6 Å². The topological polar surface area (TPSA) is 66.5 Å². The molecule has 0 spiro atoms. The highest BCUT2D eigenvalue weighted by Crippen LogP contribution is 2.28. The summed E-state index contributed by atoms with van der Waals surface area (Å²) in [5.74, 6) is -1.05. The van der Waals surface area contributed by atoms with Crippen LogP contribution in [0.2, 0.25) is 5.02 Å². The lowest BCUT2D eigenvalue weighted by Crippen LogP contribution is -2.43. The second kappa shape index (κ2) is 7.34. The van der Waals surface area contributed by atoms with Crippen molar-refractivity contribution in [3.8, 4) is 0 Å². The Morgan fingerprint density at radius 3 is 2.58 bits per heavy atom. The van der Waals surface area contributed by atoms with E-state index in [1.807, 2.05) is 6.92 Å². The maximum atomic E-state index is 13.2. The molecule has 1 N–H and O–H groups in total. The summed E-state index contributed by atoms with van der Waals surface area (Å²) in [6.45, 7) is 2.15. The Labute approximate surface area is 156 Å². The molecule has 3 rings (SSSR count). The largest absolute Gasteiger partial charge is 0.325 e. The Hall–Kier alpha value is -1.96. The molecule has 0 radical (unpaired) electrons. The molecule has 0 unspecified atom stereocenters. The highest BCUT2D eigenvalue weighted by molar-refractivity contribution is 7.89. The van der Waals surface area contributed by atoms with Crippen LogP contribution in [0.4, 0.5) is 10.1 Å². The molecule has 1 heterocycles. The SMILES string of the molecule is Cc1ccc(S(=O)(=O)N2CCC[C@H]2C(=O)Nc2ccc(F)c(Cl)c2)cc1. The van der Waals surface area contributed by atoms with Crippen molar-refractivity contribution in [2.45, 2.75) is 30.7 Å². The van der Waals surface area contributed by atoms with Crippen LogP contribution >= 0.6 is 11.6 Å². The number of nitrogens with one attached hydrogen (secondary N) is 1. The summed E-state index contributed by atoms with van der Waals surface area (Å²) in [5.41, 5.74) is 1.27. The number of hydrogen-bond acceptors (Lipinski definition) is 3. The van der Waals surface area contributed by atoms with Gasteiger partial charge < -0.3 is 5.32 Å². The first kappa shape index (κ1) is 18.8. The smallest absolute Gasteiger partial charge is 0.243 e. The first-order chi connectivity index (χ1) is 12.3. The molecule has 1 fully saturated rings. The van der Waals surface area contributed by atoms with Crippen LogP contribution in [0.3, 0.4) is 0 Å². The van der Waals surface area contributed by atoms with E-state index in [1.165, 1.54) is 28.6 Å². The van der Waals surface area contributed by atoms with Crippen molar-refractivity contribution in [2.24, 2.45) is 0 Å². The lowest BCUT2D eigenvalue weighted by molar-refractivity contribution is -0.119. The molecule has 0 bridgehead atoms. The minimum Gasteiger partial charge on any atom is -0.325 e. The van der Waals surface area contributed by atoms with Gasteiger partial charge in [-0.3, -0.25) is 4.79 Å². The molecule has 138 valence electrons. The highest BCUT2D eigenvalue weighted by Gasteiger charge is 2.39. The molecule has 5 nitrogen and oxygen atoms in total. The van der Waals surface area contributed by atoms with Gasteiger partial charge in [0, 0.05) is 12.2 Å². The molecule has 1 atom stereocenters. The van der Waals surface area contributed by atoms with Crippen molar-refractivity contribution in [1.82, 2.24) is 4.31 Å². The zero-order chi connectivity index (χ0) is 18.9. The van der Waals surface area contributed by atoms with Crippen LogP contribution < -0.4 is 5.32 Å². The lowest BCUT2D eigenvalue weighted by atomic mass is 10.2. The van der Waals surface area contributed by atoms with Crippen LogP contribution in [0.1, 0.15) is 18.4 Å². The second-order valence-electron chi connectivity index (χ2n) is 6.20. The first-order valence-corrected chi connectivity index (χ1v) is 9.95. The molecule has 1 amide bonds. The van der Waals surface area contributed by atoms with E-state index in [1.54, 1.807) is 12.1 Å². The van der Waals surface area contributed by atoms with Crippen molar-refractivity contribution in [2.75, 3.05) is 11.9 Å². The highest BCUT2D eigenvalue weighted by atomic mass is 35.5. The molecule has 8 heteroatoms. The average Bonchev–Trinajstić information content (AvgIpc) is 3.09. The molecule has 2 aromatic carbocycles. The summed E-state index contributed by atoms with van der Waals surface area (Å²) in [6.07, 6.45) is 1.01. The number of sulfonamides is 1. The van der Waals surface area contributed by atoms with Gasteiger partial charge in [0.2, 0.25) is 15.9 Å². The number of benzene rings is 2. The van der Waals surface area contributed by atoms with E-state index in [2.05, 4.69) is 5.32 Å². The molecule has 1 aliphatic rings. The monoisotopic (exact) mass is 396 g/mol. The van der Waals surface area contributed by atoms with Crippen molar-refractivity contribution in [3.05, 3.63) is 58.9 Å². The van der Waals surface area contributed by atoms with Gasteiger partial charge in [-0.25, -0.2) is 12.8 Å². The number of anilines is 1. The fraction of sp³-hybridized carbons (Fsp3) is 0.278. The zero-order valence-corrected chi connectivity index (χ0v) is 15.6. The maximum Gasteiger partial charge on any atom is 0.243 e. The van der Waals surface area contributed by atoms with Gasteiger partial charge in [0.05, 0.1) is 9.92 Å². The summed E-state index contributed by atoms with van der Waals surface area (Å²) in [4.78, 5) is 12.8. The number of halogens is 2. The third kappa shape index (κ3) is 3.75. The van der Waals surface area contributed by atoms with E-state index in [9.17, 15) is 17.6 Å². The van der Waals surface area contributed by atoms with E-state index >= 15 is 0 Å². The van der Waals surface area contributed by atoms with Crippen LogP contribution in [-0.2, 0) is 14.8 Å². The summed E-state index contributed by atoms with van der Waals surface area (Å²) in [6, 6.07) is 9.53. The van der Waals surface area contributed by atoms with Gasteiger partial charge in [0.25, 0.3) is 0 Å². The fourth-order valence-corrected chi connectivity index (χ4v) is 4.77. The number of rotatable bonds is 4. The van der Waals surface area contributed by atoms with Crippen LogP contribution in [0, 0.1) is 12.7 Å². The Morgan fingerprint density at radius 1 is 1.23 bits per heavy atom. The molecular weight excluding hydrogens is 379 g/mol. The van der Waals surface area contributed by atoms with Crippen LogP contribution in [0.15, 0.2) is 47.4 Å². The Morgan fingerprint density at radius 2 is 1.92 bits per heavy atom. The minimum atomic E-state index is -3.77. The van der Waals surface area contributed by atoms with E-state index in [0.717, 1.165) is 11.6 Å². The molecule has 26 heavy (non-hydrogen) atoms. The molecule has 0 aromatic heterocycles. The quantitative estimate of drug-likeness (QED) is 0.858. The molecule has 1 aliphatic heterocycles. The Bertz CT molecular complexity index is 932. The van der Waals surface area contributed by atoms with Gasteiger partial charge in [-0.2, -0.15) is 4.31 Å². The van der Waals surface area contributed by atoms with Crippen LogP contribution in [0.5, 0.6) is 0 Å². The third-order valence-corrected chi connectivity index (χ3v) is 6.53. The van der Waals surface area contributed by atoms with Gasteiger partial charge >= 0.3 is 0 Å². The predicted molar refractivity (Wildman–Crippen MR) is 98.1 cm³/mol. The fourth-order valence-electron chi connectivity index (χ4n) is 2.93. The van der Waals surface area contributed by atoms with E-state index < -0.39 is 27.8 Å². The molecule has 1 saturated heterocycles. The minimum absolute atomic E-state index is 0.113. The normalized spacial score (nSPS) is 18.0. The Kier molecular flexibility index (Phi) is 5.32. The first-order valence-electron chi connectivity index (χ1n) is 8.13. The third-order valence-electron chi connectivity index (χ3n) is 4.32. The molecule has 0 aliphatic carbocycles. The molecular formula is C18H18ClFN2O3S. The average molecular weight is 397 g/mol.